The number of hydrogen-bond acceptors (Lipinski definition) is 14. The molecule has 414 valence electrons. The van der Waals surface area contributed by atoms with Crippen LogP contribution in [0.25, 0.3) is 22.5 Å². The molecule has 14 nitrogen and oxygen atoms in total. The smallest absolute Gasteiger partial charge is 0.173 e. The van der Waals surface area contributed by atoms with Gasteiger partial charge >= 0.3 is 0 Å². The molecule has 0 fully saturated rings. The Bertz CT molecular complexity index is 3290. The van der Waals surface area contributed by atoms with Crippen LogP contribution >= 0.6 is 85.5 Å². The van der Waals surface area contributed by atoms with E-state index >= 15 is 0 Å². The zero-order valence-corrected chi connectivity index (χ0v) is 51.4. The molecule has 5 aromatic carbocycles. The molecule has 0 amide bonds. The van der Waals surface area contributed by atoms with Gasteiger partial charge in [0.25, 0.3) is 0 Å². The molecule has 1 N–H and O–H groups in total. The number of carbonyl (C=O) groups excluding carboxylic acids is 1. The molecule has 0 radical (unpaired) electrons. The first-order valence-electron chi connectivity index (χ1n) is 24.6. The van der Waals surface area contributed by atoms with Gasteiger partial charge < -0.3 is 39.3 Å². The average molecular weight is 1250 g/mol. The van der Waals surface area contributed by atoms with Crippen LogP contribution in [-0.2, 0) is 37.3 Å². The highest BCUT2D eigenvalue weighted by Gasteiger charge is 2.21. The van der Waals surface area contributed by atoms with Crippen LogP contribution in [0.5, 0.6) is 0 Å². The minimum absolute atomic E-state index is 0.112. The van der Waals surface area contributed by atoms with Crippen molar-refractivity contribution in [2.45, 2.75) is 32.5 Å². The van der Waals surface area contributed by atoms with Crippen molar-refractivity contribution < 1.29 is 9.90 Å². The summed E-state index contributed by atoms with van der Waals surface area (Å²) >= 11 is 41.2. The lowest BCUT2D eigenvalue weighted by Gasteiger charge is -2.25. The van der Waals surface area contributed by atoms with Crippen molar-refractivity contribution >= 4 is 127 Å². The van der Waals surface area contributed by atoms with Gasteiger partial charge in [0.15, 0.2) is 34.9 Å². The van der Waals surface area contributed by atoms with E-state index in [1.54, 1.807) is 18.6 Å². The number of benzene rings is 5. The van der Waals surface area contributed by atoms with Crippen LogP contribution in [0.3, 0.4) is 0 Å². The van der Waals surface area contributed by atoms with Gasteiger partial charge in [-0.25, -0.2) is 29.9 Å². The SMILES string of the molecule is CN(C)c1ncc(-c2cccc(CC=O)c2)nc1N(C)Cc1c(Cl)cccc1Cl.CN(C)c1ncc(-c2cccc(CCO)c2)nc1N(C)Cc1c(Cl)cccc1Cl.CN(C)c1ncc(Br)nc1N(C)Cc1c(Cl)cccc1Cl. The standard InChI is InChI=1S/C22H24Cl2N4O.C22H22Cl2N4O.C14H15BrCl2N4/c2*1-27(2)21-22(28(3)14-17-18(23)8-5-9-19(17)24)26-20(13-25-21)16-7-4-6-15(12-16)10-11-29;1-20(2)13-14(19-12(15)7-18-13)21(3)8-9-10(16)5-4-6-11(9)17/h4-9,12-13,29H,10-11,14H2,1-3H3;4-9,11-13H,10,14H2,1-3H3;4-7H,8H2,1-3H3. The van der Waals surface area contributed by atoms with Crippen LogP contribution in [0, 0.1) is 0 Å². The molecule has 0 atom stereocenters. The van der Waals surface area contributed by atoms with Crippen molar-refractivity contribution in [3.63, 3.8) is 0 Å². The third kappa shape index (κ3) is 16.8. The molecular formula is C58H61BrCl6N12O2. The fraction of sp³-hybridized carbons (Fsp3) is 0.259. The second kappa shape index (κ2) is 29.5. The fourth-order valence-electron chi connectivity index (χ4n) is 8.05. The van der Waals surface area contributed by atoms with Crippen molar-refractivity contribution in [1.29, 1.82) is 0 Å². The zero-order valence-electron chi connectivity index (χ0n) is 45.2. The lowest BCUT2D eigenvalue weighted by molar-refractivity contribution is -0.107. The van der Waals surface area contributed by atoms with Crippen LogP contribution in [0.1, 0.15) is 27.8 Å². The molecule has 8 aromatic rings. The summed E-state index contributed by atoms with van der Waals surface area (Å²) in [5, 5.41) is 13.0. The maximum Gasteiger partial charge on any atom is 0.173 e. The van der Waals surface area contributed by atoms with E-state index in [-0.39, 0.29) is 6.61 Å². The topological polar surface area (TPSA) is 134 Å². The molecule has 0 spiro atoms. The molecule has 3 heterocycles. The van der Waals surface area contributed by atoms with Crippen molar-refractivity contribution in [3.8, 4) is 22.5 Å². The second-order valence-corrected chi connectivity index (χ2v) is 22.0. The molecule has 0 bridgehead atoms. The van der Waals surface area contributed by atoms with Crippen LogP contribution in [0.15, 0.2) is 126 Å². The lowest BCUT2D eigenvalue weighted by atomic mass is 10.1. The molecule has 0 saturated heterocycles. The predicted molar refractivity (Wildman–Crippen MR) is 334 cm³/mol. The highest BCUT2D eigenvalue weighted by molar-refractivity contribution is 9.10. The Morgan fingerprint density at radius 2 is 0.785 bits per heavy atom. The van der Waals surface area contributed by atoms with Gasteiger partial charge in [-0.2, -0.15) is 0 Å². The van der Waals surface area contributed by atoms with Gasteiger partial charge in [-0.1, -0.05) is 124 Å². The van der Waals surface area contributed by atoms with Crippen LogP contribution in [-0.4, -0.2) is 111 Å². The van der Waals surface area contributed by atoms with Crippen LogP contribution < -0.4 is 29.4 Å². The largest absolute Gasteiger partial charge is 0.396 e. The van der Waals surface area contributed by atoms with Crippen molar-refractivity contribution in [2.24, 2.45) is 0 Å². The number of rotatable bonds is 18. The van der Waals surface area contributed by atoms with Gasteiger partial charge in [-0.3, -0.25) is 0 Å². The number of aliphatic hydroxyl groups excluding tert-OH is 1. The fourth-order valence-corrected chi connectivity index (χ4v) is 9.87. The summed E-state index contributed by atoms with van der Waals surface area (Å²) in [6.07, 6.45) is 7.06. The molecule has 3 aromatic heterocycles. The molecular weight excluding hydrogens is 1190 g/mol. The summed E-state index contributed by atoms with van der Waals surface area (Å²) in [7, 11) is 17.4. The summed E-state index contributed by atoms with van der Waals surface area (Å²) in [5.74, 6) is 4.48. The minimum Gasteiger partial charge on any atom is -0.396 e. The number of aliphatic hydroxyl groups is 1. The zero-order chi connectivity index (χ0) is 57.5. The van der Waals surface area contributed by atoms with Gasteiger partial charge in [0, 0.05) is 154 Å². The number of nitrogens with zero attached hydrogens (tertiary/aromatic N) is 12. The molecule has 0 unspecified atom stereocenters. The number of aromatic nitrogens is 6. The van der Waals surface area contributed by atoms with Gasteiger partial charge in [0.2, 0.25) is 0 Å². The molecule has 0 aliphatic heterocycles. The third-order valence-electron chi connectivity index (χ3n) is 12.1. The molecule has 79 heavy (non-hydrogen) atoms. The summed E-state index contributed by atoms with van der Waals surface area (Å²) in [4.78, 5) is 50.5. The van der Waals surface area contributed by atoms with E-state index in [1.165, 1.54) is 0 Å². The maximum absolute atomic E-state index is 10.9. The van der Waals surface area contributed by atoms with E-state index in [0.29, 0.717) is 73.0 Å². The number of carbonyl (C=O) groups is 1. The van der Waals surface area contributed by atoms with E-state index in [2.05, 4.69) is 35.9 Å². The van der Waals surface area contributed by atoms with Crippen molar-refractivity contribution in [1.82, 2.24) is 29.9 Å². The summed E-state index contributed by atoms with van der Waals surface area (Å²) in [5.41, 5.74) is 7.91. The van der Waals surface area contributed by atoms with Crippen molar-refractivity contribution in [2.75, 3.05) is 99.4 Å². The monoisotopic (exact) mass is 1250 g/mol. The molecule has 8 rings (SSSR count). The first-order chi connectivity index (χ1) is 37.7. The molecule has 0 aliphatic rings. The van der Waals surface area contributed by atoms with Gasteiger partial charge in [-0.15, -0.1) is 0 Å². The van der Waals surface area contributed by atoms with Gasteiger partial charge in [0.1, 0.15) is 10.9 Å². The Balaban J connectivity index is 0.000000194. The number of anilines is 6. The number of hydrogen-bond donors (Lipinski definition) is 1. The third-order valence-corrected chi connectivity index (χ3v) is 14.6. The number of aldehydes is 1. The first kappa shape index (κ1) is 62.2. The Labute approximate surface area is 501 Å². The van der Waals surface area contributed by atoms with Gasteiger partial charge in [-0.05, 0) is 82.0 Å². The van der Waals surface area contributed by atoms with Crippen molar-refractivity contribution in [3.05, 3.63) is 184 Å². The number of halogens is 7. The highest BCUT2D eigenvalue weighted by atomic mass is 79.9. The van der Waals surface area contributed by atoms with E-state index < -0.39 is 0 Å². The van der Waals surface area contributed by atoms with Crippen LogP contribution in [0.4, 0.5) is 34.9 Å². The average Bonchev–Trinajstić information content (AvgIpc) is 3.43. The van der Waals surface area contributed by atoms with Crippen LogP contribution in [0.2, 0.25) is 30.1 Å². The molecule has 21 heteroatoms. The lowest BCUT2D eigenvalue weighted by Crippen LogP contribution is -2.23. The summed E-state index contributed by atoms with van der Waals surface area (Å²) in [6, 6.07) is 32.2. The van der Waals surface area contributed by atoms with E-state index in [4.69, 9.17) is 79.6 Å². The van der Waals surface area contributed by atoms with Gasteiger partial charge in [0.05, 0.1) is 30.0 Å². The minimum atomic E-state index is 0.112. The van der Waals surface area contributed by atoms with E-state index in [9.17, 15) is 9.90 Å². The second-order valence-electron chi connectivity index (χ2n) is 18.7. The predicted octanol–water partition coefficient (Wildman–Crippen LogP) is 13.8. The van der Waals surface area contributed by atoms with E-state index in [0.717, 1.165) is 85.7 Å². The normalized spacial score (nSPS) is 10.7. The highest BCUT2D eigenvalue weighted by Crippen LogP contribution is 2.35. The summed E-state index contributed by atoms with van der Waals surface area (Å²) < 4.78 is 0.681. The molecule has 0 aliphatic carbocycles. The van der Waals surface area contributed by atoms with E-state index in [1.807, 2.05) is 196 Å². The quantitative estimate of drug-likeness (QED) is 0.0817. The summed E-state index contributed by atoms with van der Waals surface area (Å²) in [6.45, 7) is 1.65. The Hall–Kier alpha value is -6.01. The Morgan fingerprint density at radius 1 is 0.456 bits per heavy atom. The first-order valence-corrected chi connectivity index (χ1v) is 27.7. The Morgan fingerprint density at radius 3 is 1.14 bits per heavy atom. The maximum atomic E-state index is 10.9. The molecule has 0 saturated carbocycles. The Kier molecular flexibility index (Phi) is 23.2.